The number of amides is 3. The largest absolute Gasteiger partial charge is 0.421 e. The number of urea groups is 1. The highest BCUT2D eigenvalue weighted by Crippen LogP contribution is 2.33. The van der Waals surface area contributed by atoms with Crippen molar-refractivity contribution < 1.29 is 24.5 Å². The Labute approximate surface area is 119 Å². The van der Waals surface area contributed by atoms with Crippen molar-refractivity contribution in [2.45, 2.75) is 0 Å². The Bertz CT molecular complexity index is 724. The van der Waals surface area contributed by atoms with Gasteiger partial charge in [-0.1, -0.05) is 18.2 Å². The molecule has 2 aliphatic rings. The molecular formula is C14H12N3O4+. The van der Waals surface area contributed by atoms with Gasteiger partial charge in [0.05, 0.1) is 12.6 Å². The molecule has 21 heavy (non-hydrogen) atoms. The number of carbonyl (C=O) groups excluding carboxylic acids is 3. The van der Waals surface area contributed by atoms with Crippen molar-refractivity contribution in [2.75, 3.05) is 14.1 Å². The molecule has 0 bridgehead atoms. The van der Waals surface area contributed by atoms with Gasteiger partial charge >= 0.3 is 12.0 Å². The van der Waals surface area contributed by atoms with Gasteiger partial charge in [-0.3, -0.25) is 10.2 Å². The summed E-state index contributed by atoms with van der Waals surface area (Å²) in [6.07, 6.45) is 0. The Balaban J connectivity index is 2.23. The van der Waals surface area contributed by atoms with Crippen molar-refractivity contribution in [2.24, 2.45) is 0 Å². The Morgan fingerprint density at radius 1 is 1.00 bits per heavy atom. The molecule has 2 heterocycles. The lowest BCUT2D eigenvalue weighted by molar-refractivity contribution is -0.134. The lowest BCUT2D eigenvalue weighted by Gasteiger charge is -2.25. The van der Waals surface area contributed by atoms with Crippen molar-refractivity contribution in [3.05, 3.63) is 41.0 Å². The van der Waals surface area contributed by atoms with E-state index in [1.54, 1.807) is 24.3 Å². The Hall–Kier alpha value is -2.96. The maximum atomic E-state index is 12.3. The quantitative estimate of drug-likeness (QED) is 0.501. The van der Waals surface area contributed by atoms with Crippen LogP contribution in [0.5, 0.6) is 0 Å². The molecule has 7 nitrogen and oxygen atoms in total. The second kappa shape index (κ2) is 4.27. The Morgan fingerprint density at radius 2 is 1.62 bits per heavy atom. The first-order valence-corrected chi connectivity index (χ1v) is 6.18. The molecule has 0 spiro atoms. The molecule has 3 rings (SSSR count). The molecule has 0 radical (unpaired) electrons. The second-order valence-electron chi connectivity index (χ2n) is 4.73. The lowest BCUT2D eigenvalue weighted by Crippen LogP contribution is -2.62. The topological polar surface area (TPSA) is 92.5 Å². The summed E-state index contributed by atoms with van der Waals surface area (Å²) in [5.74, 6) is -1.10. The number of nitrogens with two attached hydrogens (primary N) is 1. The van der Waals surface area contributed by atoms with E-state index in [-0.39, 0.29) is 17.2 Å². The zero-order valence-corrected chi connectivity index (χ0v) is 11.4. The number of cyclic esters (lactones) is 1. The van der Waals surface area contributed by atoms with Gasteiger partial charge in [0, 0.05) is 12.6 Å². The number of benzene rings is 1. The molecule has 1 aromatic rings. The van der Waals surface area contributed by atoms with Crippen LogP contribution >= 0.6 is 0 Å². The molecular weight excluding hydrogens is 274 g/mol. The fraction of sp³-hybridized carbons (Fsp3) is 0.143. The third-order valence-corrected chi connectivity index (χ3v) is 3.52. The van der Waals surface area contributed by atoms with E-state index >= 15 is 0 Å². The normalized spacial score (nSPS) is 21.8. The zero-order valence-electron chi connectivity index (χ0n) is 11.4. The maximum Gasteiger partial charge on any atom is 0.417 e. The third-order valence-electron chi connectivity index (χ3n) is 3.52. The van der Waals surface area contributed by atoms with E-state index in [0.29, 0.717) is 11.1 Å². The van der Waals surface area contributed by atoms with Crippen molar-refractivity contribution in [1.29, 1.82) is 0 Å². The van der Waals surface area contributed by atoms with Crippen LogP contribution in [0.3, 0.4) is 0 Å². The van der Waals surface area contributed by atoms with Crippen molar-refractivity contribution in [3.8, 4) is 0 Å². The summed E-state index contributed by atoms with van der Waals surface area (Å²) in [7, 11) is 2.79. The molecule has 0 atom stereocenters. The minimum Gasteiger partial charge on any atom is -0.421 e. The minimum atomic E-state index is -0.602. The fourth-order valence-corrected chi connectivity index (χ4v) is 2.32. The summed E-state index contributed by atoms with van der Waals surface area (Å²) in [5.41, 5.74) is 0.866. The first kappa shape index (κ1) is 13.0. The number of carbonyl (C=O) groups is 3. The summed E-state index contributed by atoms with van der Waals surface area (Å²) in [5, 5.41) is 5.87. The van der Waals surface area contributed by atoms with Gasteiger partial charge in [0.1, 0.15) is 0 Å². The smallest absolute Gasteiger partial charge is 0.417 e. The fourth-order valence-electron chi connectivity index (χ4n) is 2.32. The van der Waals surface area contributed by atoms with Gasteiger partial charge in [0.25, 0.3) is 11.7 Å². The number of fused-ring (bicyclic) bond motifs is 1. The summed E-state index contributed by atoms with van der Waals surface area (Å²) in [6, 6.07) is 6.15. The summed E-state index contributed by atoms with van der Waals surface area (Å²) in [6.45, 7) is 0. The van der Waals surface area contributed by atoms with Crippen molar-refractivity contribution >= 4 is 29.5 Å². The van der Waals surface area contributed by atoms with Crippen LogP contribution in [0.4, 0.5) is 4.79 Å². The number of likely N-dealkylation sites (N-methyl/N-ethyl adjacent to an activating group) is 2. The number of imide groups is 1. The number of rotatable bonds is 0. The number of ether oxygens (including phenoxy) is 1. The molecule has 7 heteroatoms. The second-order valence-corrected chi connectivity index (χ2v) is 4.73. The van der Waals surface area contributed by atoms with E-state index in [2.05, 4.69) is 0 Å². The van der Waals surface area contributed by atoms with E-state index in [1.807, 2.05) is 0 Å². The van der Waals surface area contributed by atoms with Gasteiger partial charge in [0.2, 0.25) is 0 Å². The highest BCUT2D eigenvalue weighted by atomic mass is 16.5. The standard InChI is InChI=1S/C14H11N3O4/c1-16-11(15)9(12(18)17(2)14(16)20)10-7-5-3-4-6-8(7)13(19)21-10/h3-6,15H,1-2H3/p+1/b10-9-,15-11?. The number of hydrogen-bond donors (Lipinski definition) is 1. The number of nitrogens with zero attached hydrogens (tertiary/aromatic N) is 2. The first-order chi connectivity index (χ1) is 9.93. The zero-order chi connectivity index (χ0) is 15.3. The predicted molar refractivity (Wildman–Crippen MR) is 71.6 cm³/mol. The molecule has 2 N–H and O–H groups in total. The minimum absolute atomic E-state index is 0.0119. The molecule has 0 saturated carbocycles. The first-order valence-electron chi connectivity index (χ1n) is 6.18. The van der Waals surface area contributed by atoms with Crippen LogP contribution in [-0.2, 0) is 9.53 Å². The summed E-state index contributed by atoms with van der Waals surface area (Å²) >= 11 is 0. The Morgan fingerprint density at radius 3 is 2.29 bits per heavy atom. The predicted octanol–water partition coefficient (Wildman–Crippen LogP) is -0.750. The van der Waals surface area contributed by atoms with E-state index in [9.17, 15) is 14.4 Å². The van der Waals surface area contributed by atoms with Gasteiger partial charge < -0.3 is 4.74 Å². The van der Waals surface area contributed by atoms with Crippen LogP contribution in [-0.4, -0.2) is 47.6 Å². The van der Waals surface area contributed by atoms with E-state index < -0.39 is 17.9 Å². The van der Waals surface area contributed by atoms with Gasteiger partial charge in [-0.15, -0.1) is 0 Å². The van der Waals surface area contributed by atoms with Crippen LogP contribution in [0.2, 0.25) is 0 Å². The number of amidine groups is 1. The van der Waals surface area contributed by atoms with Gasteiger partial charge in [-0.25, -0.2) is 14.5 Å². The number of hydrogen-bond acceptors (Lipinski definition) is 4. The van der Waals surface area contributed by atoms with Crippen LogP contribution in [0.1, 0.15) is 15.9 Å². The highest BCUT2D eigenvalue weighted by molar-refractivity contribution is 6.32. The van der Waals surface area contributed by atoms with Crippen LogP contribution < -0.4 is 5.41 Å². The monoisotopic (exact) mass is 286 g/mol. The highest BCUT2D eigenvalue weighted by Gasteiger charge is 2.46. The van der Waals surface area contributed by atoms with Gasteiger partial charge in [-0.05, 0) is 6.07 Å². The third kappa shape index (κ3) is 1.67. The summed E-state index contributed by atoms with van der Waals surface area (Å²) in [4.78, 5) is 38.0. The maximum absolute atomic E-state index is 12.3. The van der Waals surface area contributed by atoms with Crippen LogP contribution in [0, 0.1) is 0 Å². The number of esters is 1. The lowest BCUT2D eigenvalue weighted by atomic mass is 10.0. The van der Waals surface area contributed by atoms with E-state index in [0.717, 1.165) is 9.80 Å². The molecule has 2 aliphatic heterocycles. The van der Waals surface area contributed by atoms with Gasteiger partial charge in [0.15, 0.2) is 11.3 Å². The van der Waals surface area contributed by atoms with Crippen LogP contribution in [0.25, 0.3) is 5.76 Å². The molecule has 1 aromatic carbocycles. The van der Waals surface area contributed by atoms with E-state index in [1.165, 1.54) is 14.1 Å². The molecule has 1 saturated heterocycles. The molecule has 0 aliphatic carbocycles. The van der Waals surface area contributed by atoms with Crippen LogP contribution in [0.15, 0.2) is 29.8 Å². The van der Waals surface area contributed by atoms with E-state index in [4.69, 9.17) is 10.1 Å². The molecule has 1 fully saturated rings. The molecule has 0 unspecified atom stereocenters. The average Bonchev–Trinajstić information content (AvgIpc) is 2.81. The van der Waals surface area contributed by atoms with Crippen molar-refractivity contribution in [3.63, 3.8) is 0 Å². The molecule has 106 valence electrons. The molecule has 0 aromatic heterocycles. The summed E-state index contributed by atoms with van der Waals surface area (Å²) < 4.78 is 5.20. The molecule has 3 amide bonds. The Kier molecular flexibility index (Phi) is 2.65. The van der Waals surface area contributed by atoms with Gasteiger partial charge in [-0.2, -0.15) is 4.90 Å². The van der Waals surface area contributed by atoms with Crippen molar-refractivity contribution in [1.82, 2.24) is 9.80 Å². The average molecular weight is 286 g/mol. The SMILES string of the molecule is CN1C(=[NH2+])/C(=C2/OC(=O)c3ccccc32)C(=O)N(C)C1=O.